The third-order valence-corrected chi connectivity index (χ3v) is 7.57. The molecular weight excluding hydrogens is 540 g/mol. The van der Waals surface area contributed by atoms with Crippen molar-refractivity contribution < 1.29 is 26.9 Å². The van der Waals surface area contributed by atoms with Crippen LogP contribution in [0.2, 0.25) is 0 Å². The molecule has 0 radical (unpaired) electrons. The molecule has 2 aromatic heterocycles. The molecule has 1 N–H and O–H groups in total. The molecule has 3 heterocycles. The zero-order valence-electron chi connectivity index (χ0n) is 22.2. The summed E-state index contributed by atoms with van der Waals surface area (Å²) >= 11 is 0. The molecule has 1 aliphatic carbocycles. The molecule has 2 aliphatic rings. The van der Waals surface area contributed by atoms with Crippen LogP contribution in [0.4, 0.5) is 23.2 Å². The number of amides is 1. The number of hydrogen-bond acceptors (Lipinski definition) is 6. The lowest BCUT2D eigenvalue weighted by Crippen LogP contribution is -2.39. The molecule has 12 heteroatoms. The van der Waals surface area contributed by atoms with E-state index in [2.05, 4.69) is 20.4 Å². The number of rotatable bonds is 7. The van der Waals surface area contributed by atoms with Crippen LogP contribution >= 0.6 is 0 Å². The van der Waals surface area contributed by atoms with Crippen LogP contribution in [-0.2, 0) is 17.9 Å². The van der Waals surface area contributed by atoms with Crippen molar-refractivity contribution >= 4 is 28.2 Å². The fourth-order valence-electron chi connectivity index (χ4n) is 5.39. The Morgan fingerprint density at radius 3 is 2.73 bits per heavy atom. The van der Waals surface area contributed by atoms with E-state index >= 15 is 0 Å². The molecule has 0 spiro atoms. The van der Waals surface area contributed by atoms with Gasteiger partial charge in [0.25, 0.3) is 0 Å². The number of hydrogen-bond donors (Lipinski definition) is 1. The maximum absolute atomic E-state index is 14.7. The van der Waals surface area contributed by atoms with Crippen LogP contribution < -0.4 is 5.32 Å². The summed E-state index contributed by atoms with van der Waals surface area (Å²) in [5.41, 5.74) is 2.19. The van der Waals surface area contributed by atoms with Gasteiger partial charge in [0.15, 0.2) is 6.17 Å². The molecule has 4 aromatic rings. The normalized spacial score (nSPS) is 22.4. The predicted molar refractivity (Wildman–Crippen MR) is 145 cm³/mol. The minimum absolute atomic E-state index is 0.0470. The third kappa shape index (κ3) is 5.88. The molecule has 1 aliphatic heterocycles. The maximum atomic E-state index is 14.7. The fourth-order valence-corrected chi connectivity index (χ4v) is 5.39. The summed E-state index contributed by atoms with van der Waals surface area (Å²) in [6.07, 6.45) is -4.61. The topological polar surface area (TPSA) is 88.6 Å². The number of fused-ring (bicyclic) bond motifs is 1. The zero-order chi connectivity index (χ0) is 28.7. The Labute approximate surface area is 233 Å². The number of halogens is 4. The Kier molecular flexibility index (Phi) is 7.10. The van der Waals surface area contributed by atoms with Gasteiger partial charge in [-0.05, 0) is 43.1 Å². The van der Waals surface area contributed by atoms with Crippen molar-refractivity contribution in [3.63, 3.8) is 0 Å². The van der Waals surface area contributed by atoms with E-state index in [9.17, 15) is 22.4 Å². The summed E-state index contributed by atoms with van der Waals surface area (Å²) in [7, 11) is 1.82. The molecule has 8 nitrogen and oxygen atoms in total. The molecule has 1 saturated heterocycles. The molecule has 1 saturated carbocycles. The summed E-state index contributed by atoms with van der Waals surface area (Å²) < 4.78 is 61.9. The quantitative estimate of drug-likeness (QED) is 0.301. The van der Waals surface area contributed by atoms with E-state index in [0.717, 1.165) is 16.6 Å². The van der Waals surface area contributed by atoms with Crippen LogP contribution in [0.15, 0.2) is 64.1 Å². The van der Waals surface area contributed by atoms with E-state index in [1.807, 2.05) is 42.3 Å². The van der Waals surface area contributed by atoms with Crippen molar-refractivity contribution in [2.45, 2.75) is 44.2 Å². The Morgan fingerprint density at radius 1 is 1.17 bits per heavy atom. The van der Waals surface area contributed by atoms with Crippen molar-refractivity contribution in [3.8, 4) is 11.5 Å². The molecule has 0 bridgehead atoms. The number of carbonyl (C=O) groups excluding carboxylic acids is 1. The minimum Gasteiger partial charge on any atom is -0.347 e. The van der Waals surface area contributed by atoms with Crippen LogP contribution in [0.25, 0.3) is 22.4 Å². The predicted octanol–water partition coefficient (Wildman–Crippen LogP) is 5.42. The summed E-state index contributed by atoms with van der Waals surface area (Å²) in [5, 5.41) is 7.12. The number of piperidine rings is 1. The molecule has 2 fully saturated rings. The van der Waals surface area contributed by atoms with Crippen molar-refractivity contribution in [1.82, 2.24) is 24.9 Å². The van der Waals surface area contributed by atoms with Crippen LogP contribution in [0.1, 0.15) is 30.2 Å². The lowest BCUT2D eigenvalue weighted by atomic mass is 10.1. The number of nitrogens with one attached hydrogen (secondary N) is 1. The van der Waals surface area contributed by atoms with Gasteiger partial charge in [0.2, 0.25) is 17.6 Å². The van der Waals surface area contributed by atoms with Gasteiger partial charge in [-0.3, -0.25) is 9.79 Å². The molecule has 41 heavy (non-hydrogen) atoms. The second-order valence-corrected chi connectivity index (χ2v) is 10.6. The highest BCUT2D eigenvalue weighted by atomic mass is 19.4. The number of benzene rings is 2. The smallest absolute Gasteiger partial charge is 0.347 e. The molecule has 3 atom stereocenters. The summed E-state index contributed by atoms with van der Waals surface area (Å²) in [6, 6.07) is 16.1. The van der Waals surface area contributed by atoms with Crippen LogP contribution in [0.5, 0.6) is 0 Å². The van der Waals surface area contributed by atoms with Gasteiger partial charge in [-0.2, -0.15) is 18.2 Å². The van der Waals surface area contributed by atoms with Gasteiger partial charge in [-0.1, -0.05) is 41.6 Å². The molecule has 214 valence electrons. The van der Waals surface area contributed by atoms with Gasteiger partial charge in [-0.15, -0.1) is 0 Å². The molecule has 2 aromatic carbocycles. The standard InChI is InChI=1S/C29H28F4N6O2/c1-38-11-10-23(21(30)15-38)35-22-8-5-9-24-20(22)13-25(39(24)16-29(31,32)33)27-36-26(41-37-27)14-34-28(40)19-12-18(19)17-6-3-2-4-7-17/h2-9,13,18-19,21H,10-12,14-16H2,1H3,(H,34,40)/t18-,19-,21-/m0/s1. The largest absolute Gasteiger partial charge is 0.406 e. The minimum atomic E-state index is -4.53. The van der Waals surface area contributed by atoms with Crippen molar-refractivity contribution in [2.24, 2.45) is 10.9 Å². The molecule has 0 unspecified atom stereocenters. The molecule has 1 amide bonds. The highest BCUT2D eigenvalue weighted by molar-refractivity contribution is 5.99. The summed E-state index contributed by atoms with van der Waals surface area (Å²) in [6.45, 7) is -0.476. The Hall–Kier alpha value is -4.06. The summed E-state index contributed by atoms with van der Waals surface area (Å²) in [5.74, 6) is -0.116. The number of aromatic nitrogens is 3. The van der Waals surface area contributed by atoms with E-state index in [-0.39, 0.29) is 53.8 Å². The third-order valence-electron chi connectivity index (χ3n) is 7.57. The van der Waals surface area contributed by atoms with Gasteiger partial charge in [0.1, 0.15) is 6.54 Å². The Balaban J connectivity index is 1.25. The Bertz CT molecular complexity index is 1600. The second kappa shape index (κ2) is 10.7. The SMILES string of the molecule is CN1CCC(=Nc2cccc3c2cc(-c2noc(CNC(=O)[C@H]4C[C@H]4c4ccccc4)n2)n3CC(F)(F)F)[C@@H](F)C1. The van der Waals surface area contributed by atoms with Crippen LogP contribution in [0, 0.1) is 5.92 Å². The first-order valence-electron chi connectivity index (χ1n) is 13.4. The van der Waals surface area contributed by atoms with Crippen molar-refractivity contribution in [2.75, 3.05) is 20.1 Å². The van der Waals surface area contributed by atoms with Gasteiger partial charge >= 0.3 is 6.18 Å². The number of aliphatic imine (C=N–C) groups is 1. The van der Waals surface area contributed by atoms with Crippen molar-refractivity contribution in [1.29, 1.82) is 0 Å². The Morgan fingerprint density at radius 2 is 1.98 bits per heavy atom. The number of likely N-dealkylation sites (tertiary alicyclic amines) is 1. The fraction of sp³-hybridized carbons (Fsp3) is 0.379. The average molecular weight is 569 g/mol. The maximum Gasteiger partial charge on any atom is 0.406 e. The number of nitrogens with zero attached hydrogens (tertiary/aromatic N) is 5. The lowest BCUT2D eigenvalue weighted by molar-refractivity contribution is -0.139. The number of alkyl halides is 4. The highest BCUT2D eigenvalue weighted by Gasteiger charge is 2.43. The first-order chi connectivity index (χ1) is 19.7. The molecule has 6 rings (SSSR count). The summed E-state index contributed by atoms with van der Waals surface area (Å²) in [4.78, 5) is 23.3. The van der Waals surface area contributed by atoms with Gasteiger partial charge < -0.3 is 19.3 Å². The van der Waals surface area contributed by atoms with E-state index < -0.39 is 18.9 Å². The van der Waals surface area contributed by atoms with Crippen LogP contribution in [0.3, 0.4) is 0 Å². The number of carbonyl (C=O) groups is 1. The second-order valence-electron chi connectivity index (χ2n) is 10.6. The van der Waals surface area contributed by atoms with E-state index in [0.29, 0.717) is 29.8 Å². The first-order valence-corrected chi connectivity index (χ1v) is 13.4. The van der Waals surface area contributed by atoms with Gasteiger partial charge in [0.05, 0.1) is 29.2 Å². The monoisotopic (exact) mass is 568 g/mol. The van der Waals surface area contributed by atoms with Gasteiger partial charge in [0, 0.05) is 30.8 Å². The van der Waals surface area contributed by atoms with E-state index in [1.54, 1.807) is 18.2 Å². The van der Waals surface area contributed by atoms with E-state index in [4.69, 9.17) is 4.52 Å². The molecular formula is C29H28F4N6O2. The van der Waals surface area contributed by atoms with E-state index in [1.165, 1.54) is 6.07 Å². The van der Waals surface area contributed by atoms with Crippen LogP contribution in [-0.4, -0.2) is 63.7 Å². The van der Waals surface area contributed by atoms with Crippen molar-refractivity contribution in [3.05, 3.63) is 66.1 Å². The average Bonchev–Trinajstić information content (AvgIpc) is 3.47. The first kappa shape index (κ1) is 27.1. The zero-order valence-corrected chi connectivity index (χ0v) is 22.2. The lowest BCUT2D eigenvalue weighted by Gasteiger charge is -2.26. The highest BCUT2D eigenvalue weighted by Crippen LogP contribution is 2.47. The van der Waals surface area contributed by atoms with Gasteiger partial charge in [-0.25, -0.2) is 4.39 Å².